The van der Waals surface area contributed by atoms with Crippen LogP contribution in [0.1, 0.15) is 34.1 Å². The summed E-state index contributed by atoms with van der Waals surface area (Å²) in [7, 11) is 1.23. The number of esters is 2. The van der Waals surface area contributed by atoms with Gasteiger partial charge in [0.1, 0.15) is 6.04 Å². The number of primary amides is 1. The van der Waals surface area contributed by atoms with E-state index in [0.29, 0.717) is 0 Å². The lowest BCUT2D eigenvalue weighted by molar-refractivity contribution is -0.137. The highest BCUT2D eigenvalue weighted by atomic mass is 16.5. The molecule has 0 saturated heterocycles. The lowest BCUT2D eigenvalue weighted by Crippen LogP contribution is -2.44. The van der Waals surface area contributed by atoms with Crippen LogP contribution in [-0.2, 0) is 19.1 Å². The summed E-state index contributed by atoms with van der Waals surface area (Å²) in [6.45, 7) is 1.90. The number of amides is 2. The van der Waals surface area contributed by atoms with Crippen molar-refractivity contribution >= 4 is 23.8 Å². The summed E-state index contributed by atoms with van der Waals surface area (Å²) in [5.74, 6) is -2.48. The molecule has 0 aliphatic rings. The van der Waals surface area contributed by atoms with E-state index < -0.39 is 29.8 Å². The Bertz CT molecular complexity index is 683. The van der Waals surface area contributed by atoms with Crippen LogP contribution in [0.5, 0.6) is 0 Å². The maximum atomic E-state index is 12.2. The fourth-order valence-corrected chi connectivity index (χ4v) is 1.88. The van der Waals surface area contributed by atoms with Crippen LogP contribution in [0.3, 0.4) is 0 Å². The molecule has 2 amide bonds. The molecule has 0 fully saturated rings. The summed E-state index contributed by atoms with van der Waals surface area (Å²) >= 11 is 0. The van der Waals surface area contributed by atoms with Gasteiger partial charge in [-0.25, -0.2) is 9.59 Å². The average Bonchev–Trinajstić information content (AvgIpc) is 2.60. The zero-order valence-electron chi connectivity index (χ0n) is 14.0. The second-order valence-corrected chi connectivity index (χ2v) is 4.89. The van der Waals surface area contributed by atoms with Gasteiger partial charge in [-0.15, -0.1) is 0 Å². The highest BCUT2D eigenvalue weighted by Crippen LogP contribution is 2.07. The van der Waals surface area contributed by atoms with E-state index >= 15 is 0 Å². The van der Waals surface area contributed by atoms with Crippen LogP contribution >= 0.6 is 0 Å². The van der Waals surface area contributed by atoms with E-state index in [-0.39, 0.29) is 24.2 Å². The van der Waals surface area contributed by atoms with Gasteiger partial charge in [0.25, 0.3) is 5.91 Å². The number of methoxy groups -OCH3 is 1. The molecule has 0 aromatic heterocycles. The molecular formula is C17H20N2O6. The molecular weight excluding hydrogens is 328 g/mol. The first kappa shape index (κ1) is 19.9. The molecule has 0 saturated carbocycles. The zero-order chi connectivity index (χ0) is 18.8. The summed E-state index contributed by atoms with van der Waals surface area (Å²) in [6, 6.07) is 4.82. The van der Waals surface area contributed by atoms with Crippen LogP contribution < -0.4 is 11.1 Å². The van der Waals surface area contributed by atoms with Crippen LogP contribution in [0.4, 0.5) is 0 Å². The lowest BCUT2D eigenvalue weighted by atomic mass is 10.1. The molecule has 0 aliphatic carbocycles. The van der Waals surface area contributed by atoms with E-state index in [0.717, 1.165) is 6.08 Å². The van der Waals surface area contributed by atoms with Crippen LogP contribution in [-0.4, -0.2) is 43.5 Å². The van der Waals surface area contributed by atoms with Gasteiger partial charge >= 0.3 is 11.9 Å². The number of hydrogen-bond donors (Lipinski definition) is 2. The van der Waals surface area contributed by atoms with Crippen molar-refractivity contribution in [3.8, 4) is 0 Å². The molecule has 1 rings (SSSR count). The first-order valence-electron chi connectivity index (χ1n) is 7.50. The summed E-state index contributed by atoms with van der Waals surface area (Å²) in [4.78, 5) is 46.4. The maximum absolute atomic E-state index is 12.2. The Morgan fingerprint density at radius 3 is 2.52 bits per heavy atom. The number of hydrogen-bond acceptors (Lipinski definition) is 6. The van der Waals surface area contributed by atoms with Gasteiger partial charge in [0.05, 0.1) is 19.3 Å². The van der Waals surface area contributed by atoms with Crippen LogP contribution in [0.25, 0.3) is 0 Å². The lowest BCUT2D eigenvalue weighted by Gasteiger charge is -2.14. The van der Waals surface area contributed by atoms with E-state index in [1.807, 2.05) is 0 Å². The molecule has 134 valence electrons. The number of nitrogens with one attached hydrogen (secondary N) is 1. The average molecular weight is 348 g/mol. The minimum absolute atomic E-state index is 0.0244. The normalized spacial score (nSPS) is 11.6. The number of benzene rings is 1. The monoisotopic (exact) mass is 348 g/mol. The predicted octanol–water partition coefficient (Wildman–Crippen LogP) is 0.566. The Morgan fingerprint density at radius 1 is 1.24 bits per heavy atom. The van der Waals surface area contributed by atoms with Gasteiger partial charge in [0, 0.05) is 11.6 Å². The van der Waals surface area contributed by atoms with Gasteiger partial charge in [-0.1, -0.05) is 12.1 Å². The molecule has 0 bridgehead atoms. The van der Waals surface area contributed by atoms with E-state index in [2.05, 4.69) is 10.1 Å². The quantitative estimate of drug-likeness (QED) is 0.522. The Morgan fingerprint density at radius 2 is 1.92 bits per heavy atom. The Balaban J connectivity index is 2.78. The largest absolute Gasteiger partial charge is 0.465 e. The molecule has 8 heteroatoms. The van der Waals surface area contributed by atoms with E-state index in [4.69, 9.17) is 10.5 Å². The summed E-state index contributed by atoms with van der Waals surface area (Å²) in [5.41, 5.74) is 5.63. The smallest absolute Gasteiger partial charge is 0.337 e. The second kappa shape index (κ2) is 9.86. The molecule has 25 heavy (non-hydrogen) atoms. The van der Waals surface area contributed by atoms with Crippen molar-refractivity contribution in [2.24, 2.45) is 5.73 Å². The third kappa shape index (κ3) is 6.46. The SMILES string of the molecule is CCOC(=O)/C=C/C[C@H](NC(=O)c1cccc(C(=O)OC)c1)C(N)=O. The summed E-state index contributed by atoms with van der Waals surface area (Å²) in [5, 5.41) is 2.45. The minimum Gasteiger partial charge on any atom is -0.465 e. The fraction of sp³-hybridized carbons (Fsp3) is 0.294. The van der Waals surface area contributed by atoms with Crippen molar-refractivity contribution in [1.82, 2.24) is 5.32 Å². The first-order valence-corrected chi connectivity index (χ1v) is 7.50. The van der Waals surface area contributed by atoms with Crippen LogP contribution in [0, 0.1) is 0 Å². The molecule has 0 spiro atoms. The molecule has 0 radical (unpaired) electrons. The Kier molecular flexibility index (Phi) is 7.85. The standard InChI is InChI=1S/C17H20N2O6/c1-3-25-14(20)9-5-8-13(15(18)21)19-16(22)11-6-4-7-12(10-11)17(23)24-2/h4-7,9-10,13H,3,8H2,1-2H3,(H2,18,21)(H,19,22)/b9-5+/t13-/m0/s1. The molecule has 0 aliphatic heterocycles. The van der Waals surface area contributed by atoms with Crippen LogP contribution in [0.15, 0.2) is 36.4 Å². The Labute approximate surface area is 145 Å². The molecule has 0 heterocycles. The van der Waals surface area contributed by atoms with Gasteiger partial charge < -0.3 is 20.5 Å². The van der Waals surface area contributed by atoms with Crippen molar-refractivity contribution in [1.29, 1.82) is 0 Å². The van der Waals surface area contributed by atoms with Gasteiger partial charge in [-0.05, 0) is 31.5 Å². The number of ether oxygens (including phenoxy) is 2. The zero-order valence-corrected chi connectivity index (χ0v) is 14.0. The van der Waals surface area contributed by atoms with Gasteiger partial charge in [-0.2, -0.15) is 0 Å². The third-order valence-electron chi connectivity index (χ3n) is 3.11. The van der Waals surface area contributed by atoms with Gasteiger partial charge in [-0.3, -0.25) is 9.59 Å². The van der Waals surface area contributed by atoms with Crippen molar-refractivity contribution in [2.75, 3.05) is 13.7 Å². The van der Waals surface area contributed by atoms with Crippen LogP contribution in [0.2, 0.25) is 0 Å². The predicted molar refractivity (Wildman–Crippen MR) is 88.6 cm³/mol. The minimum atomic E-state index is -1.01. The first-order chi connectivity index (χ1) is 11.9. The molecule has 8 nitrogen and oxygen atoms in total. The van der Waals surface area contributed by atoms with Crippen molar-refractivity contribution in [3.05, 3.63) is 47.5 Å². The van der Waals surface area contributed by atoms with E-state index in [1.54, 1.807) is 6.92 Å². The topological polar surface area (TPSA) is 125 Å². The number of rotatable bonds is 8. The molecule has 1 atom stereocenters. The number of carbonyl (C=O) groups is 4. The van der Waals surface area contributed by atoms with Gasteiger partial charge in [0.15, 0.2) is 0 Å². The van der Waals surface area contributed by atoms with E-state index in [1.165, 1.54) is 37.5 Å². The number of carbonyl (C=O) groups excluding carboxylic acids is 4. The highest BCUT2D eigenvalue weighted by molar-refractivity contribution is 5.99. The van der Waals surface area contributed by atoms with E-state index in [9.17, 15) is 19.2 Å². The van der Waals surface area contributed by atoms with Crippen molar-refractivity contribution in [3.63, 3.8) is 0 Å². The molecule has 3 N–H and O–H groups in total. The van der Waals surface area contributed by atoms with Gasteiger partial charge in [0.2, 0.25) is 5.91 Å². The second-order valence-electron chi connectivity index (χ2n) is 4.89. The van der Waals surface area contributed by atoms with Crippen molar-refractivity contribution < 1.29 is 28.7 Å². The molecule has 1 aromatic carbocycles. The Hall–Kier alpha value is -3.16. The third-order valence-corrected chi connectivity index (χ3v) is 3.11. The number of nitrogens with two attached hydrogens (primary N) is 1. The summed E-state index contributed by atoms with van der Waals surface area (Å²) < 4.78 is 9.30. The maximum Gasteiger partial charge on any atom is 0.337 e. The fourth-order valence-electron chi connectivity index (χ4n) is 1.88. The highest BCUT2D eigenvalue weighted by Gasteiger charge is 2.18. The molecule has 0 unspecified atom stereocenters. The molecule has 1 aromatic rings. The van der Waals surface area contributed by atoms with Crippen molar-refractivity contribution in [2.45, 2.75) is 19.4 Å². The summed E-state index contributed by atoms with van der Waals surface area (Å²) in [6.07, 6.45) is 2.57.